The molecule has 0 rings (SSSR count). The average Bonchev–Trinajstić information content (AvgIpc) is 2.16. The van der Waals surface area contributed by atoms with Crippen LogP contribution in [-0.4, -0.2) is 27.8 Å². The number of ether oxygens (including phenoxy) is 1. The smallest absolute Gasteiger partial charge is 0.309 e. The van der Waals surface area contributed by atoms with Gasteiger partial charge >= 0.3 is 5.97 Å². The van der Waals surface area contributed by atoms with Gasteiger partial charge in [-0.05, 0) is 13.3 Å². The van der Waals surface area contributed by atoms with E-state index in [0.717, 1.165) is 6.42 Å². The molecule has 0 aliphatic rings. The van der Waals surface area contributed by atoms with Crippen LogP contribution in [0.1, 0.15) is 34.1 Å². The first kappa shape index (κ1) is 13.6. The maximum atomic E-state index is 11.6. The van der Waals surface area contributed by atoms with Crippen molar-refractivity contribution in [2.24, 2.45) is 5.92 Å². The van der Waals surface area contributed by atoms with Crippen LogP contribution in [0.4, 0.5) is 0 Å². The quantitative estimate of drug-likeness (QED) is 0.640. The topological polar surface area (TPSA) is 43.4 Å². The van der Waals surface area contributed by atoms with Gasteiger partial charge in [-0.1, -0.05) is 20.8 Å². The van der Waals surface area contributed by atoms with Gasteiger partial charge < -0.3 is 4.74 Å². The molecule has 0 spiro atoms. The third-order valence-corrected chi connectivity index (χ3v) is 4.19. The van der Waals surface area contributed by atoms with Gasteiger partial charge in [0.2, 0.25) is 0 Å². The molecule has 0 saturated carbocycles. The van der Waals surface area contributed by atoms with Crippen molar-refractivity contribution in [3.8, 4) is 0 Å². The molecule has 0 aliphatic carbocycles. The molecule has 3 atom stereocenters. The number of carbonyl (C=O) groups excluding carboxylic acids is 1. The summed E-state index contributed by atoms with van der Waals surface area (Å²) in [4.78, 5) is 11.2. The van der Waals surface area contributed by atoms with E-state index in [-0.39, 0.29) is 17.1 Å². The van der Waals surface area contributed by atoms with Crippen LogP contribution in [0.25, 0.3) is 0 Å². The highest BCUT2D eigenvalue weighted by Gasteiger charge is 2.19. The number of carbonyl (C=O) groups is 1. The van der Waals surface area contributed by atoms with Crippen LogP contribution in [0.2, 0.25) is 0 Å². The summed E-state index contributed by atoms with van der Waals surface area (Å²) in [5.74, 6) is -0.0951. The number of hydrogen-bond donors (Lipinski definition) is 0. The van der Waals surface area contributed by atoms with Gasteiger partial charge in [0.15, 0.2) is 0 Å². The summed E-state index contributed by atoms with van der Waals surface area (Å²) in [6, 6.07) is 0. The predicted molar refractivity (Wildman–Crippen MR) is 58.6 cm³/mol. The second kappa shape index (κ2) is 6.98. The van der Waals surface area contributed by atoms with E-state index in [1.807, 2.05) is 13.8 Å². The van der Waals surface area contributed by atoms with Gasteiger partial charge in [-0.25, -0.2) is 0 Å². The minimum absolute atomic E-state index is 0.159. The lowest BCUT2D eigenvalue weighted by atomic mass is 10.2. The van der Waals surface area contributed by atoms with Gasteiger partial charge in [0.1, 0.15) is 0 Å². The number of hydrogen-bond acceptors (Lipinski definition) is 3. The fourth-order valence-electron chi connectivity index (χ4n) is 0.949. The van der Waals surface area contributed by atoms with Crippen LogP contribution < -0.4 is 0 Å². The molecule has 0 aromatic rings. The molecular formula is C10H20O3S. The van der Waals surface area contributed by atoms with Gasteiger partial charge in [-0.15, -0.1) is 0 Å². The molecule has 84 valence electrons. The largest absolute Gasteiger partial charge is 0.466 e. The Balaban J connectivity index is 3.99. The maximum Gasteiger partial charge on any atom is 0.309 e. The summed E-state index contributed by atoms with van der Waals surface area (Å²) in [6.07, 6.45) is 0.877. The molecule has 3 unspecified atom stereocenters. The Morgan fingerprint density at radius 3 is 2.36 bits per heavy atom. The van der Waals surface area contributed by atoms with Crippen molar-refractivity contribution in [3.05, 3.63) is 0 Å². The minimum atomic E-state index is -0.920. The van der Waals surface area contributed by atoms with E-state index in [9.17, 15) is 9.00 Å². The molecule has 3 nitrogen and oxygen atoms in total. The van der Waals surface area contributed by atoms with Gasteiger partial charge in [-0.2, -0.15) is 0 Å². The molecule has 4 heteroatoms. The molecule has 0 aromatic heterocycles. The highest BCUT2D eigenvalue weighted by atomic mass is 32.2. The molecule has 0 bridgehead atoms. The van der Waals surface area contributed by atoms with Crippen molar-refractivity contribution in [3.63, 3.8) is 0 Å². The Morgan fingerprint density at radius 2 is 1.93 bits per heavy atom. The summed E-state index contributed by atoms with van der Waals surface area (Å²) in [5, 5.41) is 0.159. The van der Waals surface area contributed by atoms with E-state index in [2.05, 4.69) is 0 Å². The second-order valence-corrected chi connectivity index (χ2v) is 5.32. The minimum Gasteiger partial charge on any atom is -0.466 e. The van der Waals surface area contributed by atoms with Crippen molar-refractivity contribution in [2.45, 2.75) is 39.4 Å². The molecule has 14 heavy (non-hydrogen) atoms. The Morgan fingerprint density at radius 1 is 1.36 bits per heavy atom. The Hall–Kier alpha value is -0.380. The first-order chi connectivity index (χ1) is 6.52. The SMILES string of the molecule is CCOC(=O)C(C)CS(=O)C(C)CC. The summed E-state index contributed by atoms with van der Waals surface area (Å²) < 4.78 is 16.4. The molecule has 0 saturated heterocycles. The van der Waals surface area contributed by atoms with Gasteiger partial charge in [-0.3, -0.25) is 9.00 Å². The van der Waals surface area contributed by atoms with Crippen LogP contribution in [-0.2, 0) is 20.3 Å². The molecular weight excluding hydrogens is 200 g/mol. The van der Waals surface area contributed by atoms with E-state index >= 15 is 0 Å². The van der Waals surface area contributed by atoms with E-state index in [1.54, 1.807) is 13.8 Å². The van der Waals surface area contributed by atoms with Gasteiger partial charge in [0.05, 0.1) is 12.5 Å². The monoisotopic (exact) mass is 220 g/mol. The van der Waals surface area contributed by atoms with E-state index in [0.29, 0.717) is 12.4 Å². The normalized spacial score (nSPS) is 17.1. The Labute approximate surface area is 88.7 Å². The highest BCUT2D eigenvalue weighted by Crippen LogP contribution is 2.07. The Kier molecular flexibility index (Phi) is 6.79. The lowest BCUT2D eigenvalue weighted by Gasteiger charge is -2.13. The van der Waals surface area contributed by atoms with Crippen molar-refractivity contribution < 1.29 is 13.7 Å². The van der Waals surface area contributed by atoms with Crippen LogP contribution in [0.3, 0.4) is 0 Å². The van der Waals surface area contributed by atoms with E-state index < -0.39 is 10.8 Å². The van der Waals surface area contributed by atoms with Crippen molar-refractivity contribution in [2.75, 3.05) is 12.4 Å². The first-order valence-electron chi connectivity index (χ1n) is 5.06. The van der Waals surface area contributed by atoms with Crippen LogP contribution in [0.5, 0.6) is 0 Å². The summed E-state index contributed by atoms with van der Waals surface area (Å²) in [7, 11) is -0.920. The highest BCUT2D eigenvalue weighted by molar-refractivity contribution is 7.85. The van der Waals surface area contributed by atoms with Gasteiger partial charge in [0, 0.05) is 21.8 Å². The predicted octanol–water partition coefficient (Wildman–Crippen LogP) is 1.73. The fraction of sp³-hybridized carbons (Fsp3) is 0.900. The van der Waals surface area contributed by atoms with E-state index in [1.165, 1.54) is 0 Å². The lowest BCUT2D eigenvalue weighted by Crippen LogP contribution is -2.24. The standard InChI is InChI=1S/C10H20O3S/c1-5-9(4)14(12)7-8(3)10(11)13-6-2/h8-9H,5-7H2,1-4H3. The number of rotatable bonds is 6. The molecule has 0 aliphatic heterocycles. The van der Waals surface area contributed by atoms with Gasteiger partial charge in [0.25, 0.3) is 0 Å². The lowest BCUT2D eigenvalue weighted by molar-refractivity contribution is -0.146. The third-order valence-electron chi connectivity index (χ3n) is 2.13. The maximum absolute atomic E-state index is 11.6. The molecule has 0 N–H and O–H groups in total. The summed E-state index contributed by atoms with van der Waals surface area (Å²) in [6.45, 7) is 7.86. The zero-order valence-electron chi connectivity index (χ0n) is 9.41. The molecule has 0 aromatic carbocycles. The summed E-state index contributed by atoms with van der Waals surface area (Å²) >= 11 is 0. The van der Waals surface area contributed by atoms with Crippen LogP contribution >= 0.6 is 0 Å². The fourth-order valence-corrected chi connectivity index (χ4v) is 2.28. The third kappa shape index (κ3) is 4.74. The summed E-state index contributed by atoms with van der Waals surface area (Å²) in [5.41, 5.74) is 0. The molecule has 0 amide bonds. The van der Waals surface area contributed by atoms with Crippen molar-refractivity contribution >= 4 is 16.8 Å². The average molecular weight is 220 g/mol. The van der Waals surface area contributed by atoms with E-state index in [4.69, 9.17) is 4.74 Å². The van der Waals surface area contributed by atoms with Crippen molar-refractivity contribution in [1.29, 1.82) is 0 Å². The van der Waals surface area contributed by atoms with Crippen molar-refractivity contribution in [1.82, 2.24) is 0 Å². The first-order valence-corrected chi connectivity index (χ1v) is 6.44. The van der Waals surface area contributed by atoms with Crippen LogP contribution in [0.15, 0.2) is 0 Å². The molecule has 0 heterocycles. The zero-order chi connectivity index (χ0) is 11.1. The molecule has 0 fully saturated rings. The second-order valence-electron chi connectivity index (χ2n) is 3.42. The Bertz CT molecular complexity index is 204. The molecule has 0 radical (unpaired) electrons. The van der Waals surface area contributed by atoms with Crippen LogP contribution in [0, 0.1) is 5.92 Å². The number of esters is 1. The zero-order valence-corrected chi connectivity index (χ0v) is 10.2.